The second-order valence-electron chi connectivity index (χ2n) is 6.74. The van der Waals surface area contributed by atoms with Crippen molar-refractivity contribution in [2.75, 3.05) is 13.2 Å². The molecule has 3 aromatic rings. The quantitative estimate of drug-likeness (QED) is 0.325. The van der Waals surface area contributed by atoms with Gasteiger partial charge in [0.15, 0.2) is 13.2 Å². The molecule has 2 amide bonds. The Kier molecular flexibility index (Phi) is 9.45. The zero-order chi connectivity index (χ0) is 24.2. The molecule has 10 heteroatoms. The first-order valence-corrected chi connectivity index (χ1v) is 10.7. The third-order valence-electron chi connectivity index (χ3n) is 4.08. The fourth-order valence-electron chi connectivity index (χ4n) is 2.50. The van der Waals surface area contributed by atoms with Crippen molar-refractivity contribution in [3.05, 3.63) is 94.0 Å². The molecule has 0 unspecified atom stereocenters. The molecule has 0 radical (unpaired) electrons. The van der Waals surface area contributed by atoms with Crippen LogP contribution in [0.3, 0.4) is 0 Å². The van der Waals surface area contributed by atoms with Gasteiger partial charge in [-0.25, -0.2) is 10.9 Å². The first kappa shape index (κ1) is 24.8. The summed E-state index contributed by atoms with van der Waals surface area (Å²) in [7, 11) is 0. The number of nitrogens with one attached hydrogen (secondary N) is 2. The number of halogens is 2. The third-order valence-corrected chi connectivity index (χ3v) is 4.59. The third kappa shape index (κ3) is 8.93. The molecule has 0 aliphatic rings. The Morgan fingerprint density at radius 1 is 0.706 bits per heavy atom. The topological polar surface area (TPSA) is 101 Å². The van der Waals surface area contributed by atoms with E-state index < -0.39 is 11.8 Å². The standard InChI is InChI=1S/C24H20Cl2N4O4/c25-19-4-8-21(9-5-19)33-15-23(31)29-27-13-17-2-1-3-18(12-17)14-28-30-24(32)16-34-22-10-6-20(26)7-11-22/h1-14H,15-16H2,(H,29,31)(H,30,32)/b27-13+,28-14+. The lowest BCUT2D eigenvalue weighted by atomic mass is 10.1. The SMILES string of the molecule is O=C(COc1ccc(Cl)cc1)N/N=C/c1cccc(/C=N/NC(=O)COc2ccc(Cl)cc2)c1. The van der Waals surface area contributed by atoms with Crippen molar-refractivity contribution in [1.29, 1.82) is 0 Å². The molecular weight excluding hydrogens is 479 g/mol. The lowest BCUT2D eigenvalue weighted by Crippen LogP contribution is -2.24. The highest BCUT2D eigenvalue weighted by atomic mass is 35.5. The second kappa shape index (κ2) is 13.0. The van der Waals surface area contributed by atoms with Crippen LogP contribution in [0.4, 0.5) is 0 Å². The number of rotatable bonds is 10. The summed E-state index contributed by atoms with van der Waals surface area (Å²) in [5, 5.41) is 8.99. The minimum Gasteiger partial charge on any atom is -0.484 e. The van der Waals surface area contributed by atoms with Crippen LogP contribution in [0.2, 0.25) is 10.0 Å². The second-order valence-corrected chi connectivity index (χ2v) is 7.61. The number of hydrogen-bond donors (Lipinski definition) is 2. The fourth-order valence-corrected chi connectivity index (χ4v) is 2.75. The molecule has 2 N–H and O–H groups in total. The summed E-state index contributed by atoms with van der Waals surface area (Å²) in [4.78, 5) is 23.7. The molecule has 0 aliphatic carbocycles. The van der Waals surface area contributed by atoms with Crippen molar-refractivity contribution >= 4 is 47.4 Å². The summed E-state index contributed by atoms with van der Waals surface area (Å²) in [5.74, 6) is 0.234. The first-order valence-electron chi connectivity index (χ1n) is 9.98. The van der Waals surface area contributed by atoms with E-state index in [-0.39, 0.29) is 13.2 Å². The largest absolute Gasteiger partial charge is 0.484 e. The molecule has 0 heterocycles. The van der Waals surface area contributed by atoms with E-state index in [2.05, 4.69) is 21.1 Å². The van der Waals surface area contributed by atoms with Gasteiger partial charge in [-0.05, 0) is 65.7 Å². The molecule has 0 saturated heterocycles. The van der Waals surface area contributed by atoms with Gasteiger partial charge in [0.05, 0.1) is 12.4 Å². The Labute approximate surface area is 206 Å². The monoisotopic (exact) mass is 498 g/mol. The van der Waals surface area contributed by atoms with Crippen LogP contribution < -0.4 is 20.3 Å². The molecular formula is C24H20Cl2N4O4. The van der Waals surface area contributed by atoms with E-state index in [1.54, 1.807) is 72.8 Å². The van der Waals surface area contributed by atoms with Crippen LogP contribution in [0.15, 0.2) is 83.0 Å². The zero-order valence-electron chi connectivity index (χ0n) is 17.8. The number of hydrogen-bond acceptors (Lipinski definition) is 6. The van der Waals surface area contributed by atoms with Gasteiger partial charge in [0.1, 0.15) is 11.5 Å². The van der Waals surface area contributed by atoms with Crippen LogP contribution in [0.5, 0.6) is 11.5 Å². The van der Waals surface area contributed by atoms with Crippen molar-refractivity contribution in [3.63, 3.8) is 0 Å². The molecule has 8 nitrogen and oxygen atoms in total. The molecule has 0 fully saturated rings. The molecule has 0 aliphatic heterocycles. The van der Waals surface area contributed by atoms with Gasteiger partial charge in [-0.1, -0.05) is 41.4 Å². The maximum absolute atomic E-state index is 11.9. The smallest absolute Gasteiger partial charge is 0.277 e. The molecule has 0 atom stereocenters. The summed E-state index contributed by atoms with van der Waals surface area (Å²) in [6.07, 6.45) is 2.96. The number of benzene rings is 3. The van der Waals surface area contributed by atoms with E-state index in [0.717, 1.165) is 11.1 Å². The van der Waals surface area contributed by atoms with Crippen LogP contribution in [0.1, 0.15) is 11.1 Å². The maximum Gasteiger partial charge on any atom is 0.277 e. The number of carbonyl (C=O) groups is 2. The van der Waals surface area contributed by atoms with Gasteiger partial charge in [-0.3, -0.25) is 9.59 Å². The van der Waals surface area contributed by atoms with Gasteiger partial charge < -0.3 is 9.47 Å². The molecule has 0 spiro atoms. The molecule has 3 aromatic carbocycles. The van der Waals surface area contributed by atoms with Crippen LogP contribution in [-0.4, -0.2) is 37.5 Å². The Morgan fingerprint density at radius 2 is 1.12 bits per heavy atom. The van der Waals surface area contributed by atoms with E-state index in [4.69, 9.17) is 32.7 Å². The van der Waals surface area contributed by atoms with E-state index in [9.17, 15) is 9.59 Å². The van der Waals surface area contributed by atoms with Crippen molar-refractivity contribution < 1.29 is 19.1 Å². The van der Waals surface area contributed by atoms with E-state index in [1.165, 1.54) is 12.4 Å². The van der Waals surface area contributed by atoms with Gasteiger partial charge >= 0.3 is 0 Å². The average Bonchev–Trinajstić information content (AvgIpc) is 2.84. The summed E-state index contributed by atoms with van der Waals surface area (Å²) >= 11 is 11.6. The summed E-state index contributed by atoms with van der Waals surface area (Å²) in [6.45, 7) is -0.375. The molecule has 0 bridgehead atoms. The van der Waals surface area contributed by atoms with Crippen LogP contribution in [-0.2, 0) is 9.59 Å². The molecule has 0 aromatic heterocycles. The normalized spacial score (nSPS) is 10.9. The number of hydrazone groups is 2. The number of ether oxygens (including phenoxy) is 2. The predicted molar refractivity (Wildman–Crippen MR) is 132 cm³/mol. The Bertz CT molecular complexity index is 1080. The Hall–Kier alpha value is -3.88. The van der Waals surface area contributed by atoms with Gasteiger partial charge in [-0.2, -0.15) is 10.2 Å². The van der Waals surface area contributed by atoms with Gasteiger partial charge in [-0.15, -0.1) is 0 Å². The number of nitrogens with zero attached hydrogens (tertiary/aromatic N) is 2. The lowest BCUT2D eigenvalue weighted by molar-refractivity contribution is -0.123. The zero-order valence-corrected chi connectivity index (χ0v) is 19.3. The predicted octanol–water partition coefficient (Wildman–Crippen LogP) is 4.05. The number of carbonyl (C=O) groups excluding carboxylic acids is 2. The van der Waals surface area contributed by atoms with Crippen LogP contribution >= 0.6 is 23.2 Å². The van der Waals surface area contributed by atoms with Crippen LogP contribution in [0, 0.1) is 0 Å². The minimum absolute atomic E-state index is 0.187. The Balaban J connectivity index is 1.40. The first-order chi connectivity index (χ1) is 16.5. The molecule has 0 saturated carbocycles. The molecule has 174 valence electrons. The highest BCUT2D eigenvalue weighted by molar-refractivity contribution is 6.30. The average molecular weight is 499 g/mol. The van der Waals surface area contributed by atoms with Crippen molar-refractivity contribution in [2.45, 2.75) is 0 Å². The maximum atomic E-state index is 11.9. The molecule has 3 rings (SSSR count). The van der Waals surface area contributed by atoms with E-state index in [1.807, 2.05) is 0 Å². The van der Waals surface area contributed by atoms with Gasteiger partial charge in [0.25, 0.3) is 11.8 Å². The highest BCUT2D eigenvalue weighted by Crippen LogP contribution is 2.16. The lowest BCUT2D eigenvalue weighted by Gasteiger charge is -2.05. The Morgan fingerprint density at radius 3 is 1.53 bits per heavy atom. The van der Waals surface area contributed by atoms with Gasteiger partial charge in [0, 0.05) is 10.0 Å². The van der Waals surface area contributed by atoms with Crippen molar-refractivity contribution in [1.82, 2.24) is 10.9 Å². The summed E-state index contributed by atoms with van der Waals surface area (Å²) in [6, 6.07) is 20.5. The summed E-state index contributed by atoms with van der Waals surface area (Å²) in [5.41, 5.74) is 6.22. The van der Waals surface area contributed by atoms with Gasteiger partial charge in [0.2, 0.25) is 0 Å². The van der Waals surface area contributed by atoms with E-state index >= 15 is 0 Å². The summed E-state index contributed by atoms with van der Waals surface area (Å²) < 4.78 is 10.7. The molecule has 34 heavy (non-hydrogen) atoms. The minimum atomic E-state index is -0.410. The fraction of sp³-hybridized carbons (Fsp3) is 0.0833. The van der Waals surface area contributed by atoms with Crippen molar-refractivity contribution in [3.8, 4) is 11.5 Å². The van der Waals surface area contributed by atoms with Crippen molar-refractivity contribution in [2.24, 2.45) is 10.2 Å². The number of amides is 2. The van der Waals surface area contributed by atoms with E-state index in [0.29, 0.717) is 21.5 Å². The van der Waals surface area contributed by atoms with Crippen LogP contribution in [0.25, 0.3) is 0 Å². The highest BCUT2D eigenvalue weighted by Gasteiger charge is 2.02.